The van der Waals surface area contributed by atoms with Crippen LogP contribution in [-0.2, 0) is 9.53 Å². The van der Waals surface area contributed by atoms with Gasteiger partial charge in [-0.1, -0.05) is 0 Å². The van der Waals surface area contributed by atoms with Crippen LogP contribution in [0.4, 0.5) is 5.82 Å². The summed E-state index contributed by atoms with van der Waals surface area (Å²) >= 11 is 0. The number of aliphatic carboxylic acids is 1. The van der Waals surface area contributed by atoms with E-state index in [4.69, 9.17) is 5.11 Å². The van der Waals surface area contributed by atoms with E-state index in [9.17, 15) is 9.59 Å². The van der Waals surface area contributed by atoms with E-state index < -0.39 is 11.9 Å². The fourth-order valence-electron chi connectivity index (χ4n) is 2.50. The first kappa shape index (κ1) is 15.2. The second-order valence-corrected chi connectivity index (χ2v) is 5.22. The van der Waals surface area contributed by atoms with Crippen LogP contribution in [0.25, 0.3) is 0 Å². The number of hydrogen-bond donors (Lipinski definition) is 1. The number of ether oxygens (including phenoxy) is 1. The zero-order valence-electron chi connectivity index (χ0n) is 12.2. The number of aromatic nitrogens is 2. The summed E-state index contributed by atoms with van der Waals surface area (Å²) in [6, 6.07) is 1.83. The molecule has 1 fully saturated rings. The minimum Gasteiger partial charge on any atom is -0.481 e. The zero-order chi connectivity index (χ0) is 15.4. The van der Waals surface area contributed by atoms with E-state index in [-0.39, 0.29) is 12.2 Å². The molecule has 1 saturated heterocycles. The van der Waals surface area contributed by atoms with Crippen molar-refractivity contribution in [3.63, 3.8) is 0 Å². The molecule has 114 valence electrons. The van der Waals surface area contributed by atoms with E-state index in [1.807, 2.05) is 6.07 Å². The van der Waals surface area contributed by atoms with Gasteiger partial charge in [-0.25, -0.2) is 14.8 Å². The molecule has 1 atom stereocenters. The molecule has 2 heterocycles. The Morgan fingerprint density at radius 3 is 2.90 bits per heavy atom. The predicted molar refractivity (Wildman–Crippen MR) is 75.3 cm³/mol. The number of carbonyl (C=O) groups is 2. The van der Waals surface area contributed by atoms with E-state index in [1.165, 1.54) is 7.11 Å². The highest BCUT2D eigenvalue weighted by atomic mass is 16.5. The first-order valence-electron chi connectivity index (χ1n) is 6.90. The maximum absolute atomic E-state index is 11.5. The van der Waals surface area contributed by atoms with E-state index in [1.54, 1.807) is 6.92 Å². The molecule has 0 aliphatic carbocycles. The van der Waals surface area contributed by atoms with Crippen LogP contribution in [0.15, 0.2) is 6.07 Å². The Balaban J connectivity index is 2.07. The molecule has 7 nitrogen and oxygen atoms in total. The van der Waals surface area contributed by atoms with Crippen molar-refractivity contribution in [3.05, 3.63) is 17.6 Å². The molecule has 0 bridgehead atoms. The number of nitrogens with zero attached hydrogens (tertiary/aromatic N) is 3. The number of anilines is 1. The lowest BCUT2D eigenvalue weighted by molar-refractivity contribution is -0.137. The Labute approximate surface area is 123 Å². The van der Waals surface area contributed by atoms with Crippen LogP contribution in [0.5, 0.6) is 0 Å². The lowest BCUT2D eigenvalue weighted by Gasteiger charge is -2.18. The number of rotatable bonds is 5. The van der Waals surface area contributed by atoms with Gasteiger partial charge in [-0.15, -0.1) is 0 Å². The lowest BCUT2D eigenvalue weighted by atomic mass is 10.0. The highest BCUT2D eigenvalue weighted by Crippen LogP contribution is 2.25. The van der Waals surface area contributed by atoms with Crippen molar-refractivity contribution in [2.24, 2.45) is 5.92 Å². The maximum Gasteiger partial charge on any atom is 0.376 e. The van der Waals surface area contributed by atoms with Gasteiger partial charge in [0.15, 0.2) is 0 Å². The molecule has 1 aromatic heterocycles. The number of carboxylic acids is 1. The summed E-state index contributed by atoms with van der Waals surface area (Å²) in [5.41, 5.74) is 0.703. The quantitative estimate of drug-likeness (QED) is 0.817. The molecule has 1 aromatic rings. The van der Waals surface area contributed by atoms with Gasteiger partial charge in [0.2, 0.25) is 5.82 Å². The van der Waals surface area contributed by atoms with Crippen molar-refractivity contribution in [2.45, 2.75) is 26.2 Å². The minimum atomic E-state index is -0.765. The van der Waals surface area contributed by atoms with Crippen LogP contribution in [0.3, 0.4) is 0 Å². The Bertz CT molecular complexity index is 547. The molecule has 0 saturated carbocycles. The van der Waals surface area contributed by atoms with Crippen molar-refractivity contribution in [1.82, 2.24) is 9.97 Å². The zero-order valence-corrected chi connectivity index (χ0v) is 12.2. The first-order valence-corrected chi connectivity index (χ1v) is 6.90. The summed E-state index contributed by atoms with van der Waals surface area (Å²) in [5, 5.41) is 8.73. The smallest absolute Gasteiger partial charge is 0.376 e. The van der Waals surface area contributed by atoms with Gasteiger partial charge in [-0.3, -0.25) is 4.79 Å². The Morgan fingerprint density at radius 2 is 2.24 bits per heavy atom. The van der Waals surface area contributed by atoms with Gasteiger partial charge < -0.3 is 14.7 Å². The third kappa shape index (κ3) is 3.90. The van der Waals surface area contributed by atoms with E-state index >= 15 is 0 Å². The average molecular weight is 293 g/mol. The molecule has 0 radical (unpaired) electrons. The summed E-state index contributed by atoms with van der Waals surface area (Å²) in [4.78, 5) is 32.5. The molecule has 0 aromatic carbocycles. The summed E-state index contributed by atoms with van der Waals surface area (Å²) in [6.45, 7) is 3.36. The van der Waals surface area contributed by atoms with Crippen LogP contribution in [-0.4, -0.2) is 47.2 Å². The third-order valence-electron chi connectivity index (χ3n) is 3.58. The monoisotopic (exact) mass is 293 g/mol. The Hall–Kier alpha value is -2.18. The van der Waals surface area contributed by atoms with Crippen LogP contribution in [0, 0.1) is 12.8 Å². The number of carbonyl (C=O) groups excluding carboxylic acids is 1. The van der Waals surface area contributed by atoms with E-state index in [2.05, 4.69) is 19.6 Å². The fraction of sp³-hybridized carbons (Fsp3) is 0.571. The van der Waals surface area contributed by atoms with E-state index in [0.717, 1.165) is 19.5 Å². The van der Waals surface area contributed by atoms with Crippen molar-refractivity contribution in [3.8, 4) is 0 Å². The summed E-state index contributed by atoms with van der Waals surface area (Å²) < 4.78 is 4.65. The van der Waals surface area contributed by atoms with Crippen LogP contribution >= 0.6 is 0 Å². The molecule has 0 spiro atoms. The topological polar surface area (TPSA) is 92.6 Å². The van der Waals surface area contributed by atoms with E-state index in [0.29, 0.717) is 23.9 Å². The molecule has 21 heavy (non-hydrogen) atoms. The van der Waals surface area contributed by atoms with Crippen LogP contribution < -0.4 is 4.90 Å². The van der Waals surface area contributed by atoms with Crippen LogP contribution in [0.2, 0.25) is 0 Å². The number of aryl methyl sites for hydroxylation is 1. The highest BCUT2D eigenvalue weighted by Gasteiger charge is 2.25. The molecule has 1 unspecified atom stereocenters. The van der Waals surface area contributed by atoms with Gasteiger partial charge in [0.25, 0.3) is 0 Å². The molecule has 1 aliphatic heterocycles. The average Bonchev–Trinajstić information content (AvgIpc) is 2.92. The fourth-order valence-corrected chi connectivity index (χ4v) is 2.50. The number of methoxy groups -OCH3 is 1. The summed E-state index contributed by atoms with van der Waals surface area (Å²) in [5.74, 6) is -0.221. The summed E-state index contributed by atoms with van der Waals surface area (Å²) in [6.07, 6.45) is 1.79. The molecule has 1 N–H and O–H groups in total. The highest BCUT2D eigenvalue weighted by molar-refractivity contribution is 5.85. The van der Waals surface area contributed by atoms with Gasteiger partial charge in [-0.05, 0) is 25.7 Å². The first-order chi connectivity index (χ1) is 9.99. The number of esters is 1. The summed E-state index contributed by atoms with van der Waals surface area (Å²) in [7, 11) is 1.30. The number of hydrogen-bond acceptors (Lipinski definition) is 6. The molecular formula is C14H19N3O4. The lowest BCUT2D eigenvalue weighted by Crippen LogP contribution is -2.23. The second-order valence-electron chi connectivity index (χ2n) is 5.22. The Morgan fingerprint density at radius 1 is 1.48 bits per heavy atom. The third-order valence-corrected chi connectivity index (χ3v) is 3.58. The SMILES string of the molecule is COC(=O)c1nc(C)cc(N2CCC(CCC(=O)O)C2)n1. The predicted octanol–water partition coefficient (Wildman–Crippen LogP) is 1.26. The largest absolute Gasteiger partial charge is 0.481 e. The molecule has 2 rings (SSSR count). The van der Waals surface area contributed by atoms with Gasteiger partial charge in [0.05, 0.1) is 7.11 Å². The number of carboxylic acid groups (broad SMARTS) is 1. The minimum absolute atomic E-state index is 0.0569. The van der Waals surface area contributed by atoms with Crippen molar-refractivity contribution < 1.29 is 19.4 Å². The normalized spacial score (nSPS) is 17.8. The van der Waals surface area contributed by atoms with Gasteiger partial charge in [0, 0.05) is 31.3 Å². The van der Waals surface area contributed by atoms with Crippen molar-refractivity contribution in [1.29, 1.82) is 0 Å². The molecule has 0 amide bonds. The second kappa shape index (κ2) is 6.51. The Kier molecular flexibility index (Phi) is 4.72. The molecule has 7 heteroatoms. The maximum atomic E-state index is 11.5. The van der Waals surface area contributed by atoms with Crippen molar-refractivity contribution in [2.75, 3.05) is 25.1 Å². The molecule has 1 aliphatic rings. The van der Waals surface area contributed by atoms with Gasteiger partial charge in [-0.2, -0.15) is 0 Å². The van der Waals surface area contributed by atoms with Gasteiger partial charge >= 0.3 is 11.9 Å². The van der Waals surface area contributed by atoms with Crippen LogP contribution in [0.1, 0.15) is 35.6 Å². The molecular weight excluding hydrogens is 274 g/mol. The van der Waals surface area contributed by atoms with Crippen molar-refractivity contribution >= 4 is 17.8 Å². The van der Waals surface area contributed by atoms with Gasteiger partial charge in [0.1, 0.15) is 5.82 Å². The standard InChI is InChI=1S/C14H19N3O4/c1-9-7-11(16-13(15-9)14(20)21-2)17-6-5-10(8-17)3-4-12(18)19/h7,10H,3-6,8H2,1-2H3,(H,18,19).